The van der Waals surface area contributed by atoms with Crippen LogP contribution < -0.4 is 0 Å². The van der Waals surface area contributed by atoms with Crippen LogP contribution in [0.1, 0.15) is 34.6 Å². The lowest BCUT2D eigenvalue weighted by Crippen LogP contribution is -2.73. The summed E-state index contributed by atoms with van der Waals surface area (Å²) in [6.45, 7) is 13.0. The van der Waals surface area contributed by atoms with Gasteiger partial charge in [-0.25, -0.2) is 8.42 Å². The van der Waals surface area contributed by atoms with Crippen LogP contribution >= 0.6 is 0 Å². The van der Waals surface area contributed by atoms with Crippen molar-refractivity contribution in [3.8, 4) is 0 Å². The Morgan fingerprint density at radius 1 is 0.543 bits per heavy atom. The van der Waals surface area contributed by atoms with E-state index in [-0.39, 0.29) is 0 Å². The zero-order chi connectivity index (χ0) is 29.3. The van der Waals surface area contributed by atoms with Gasteiger partial charge in [-0.1, -0.05) is 0 Å². The van der Waals surface area contributed by atoms with Crippen LogP contribution in [-0.2, 0) is 10.1 Å². The van der Waals surface area contributed by atoms with Gasteiger partial charge in [0.15, 0.2) is 10.1 Å². The van der Waals surface area contributed by atoms with E-state index in [4.69, 9.17) is 0 Å². The normalized spacial score (nSPS) is 15.5. The van der Waals surface area contributed by atoms with Crippen LogP contribution in [0, 0.1) is 0 Å². The molecule has 0 aromatic carbocycles. The summed E-state index contributed by atoms with van der Waals surface area (Å²) in [6.07, 6.45) is 0. The number of hydrogen-bond donors (Lipinski definition) is 0. The van der Waals surface area contributed by atoms with Crippen LogP contribution in [0.5, 0.6) is 0 Å². The average molecular weight is 575 g/mol. The van der Waals surface area contributed by atoms with Gasteiger partial charge >= 0.3 is 40.8 Å². The first-order valence-corrected chi connectivity index (χ1v) is 10.9. The molecule has 0 fully saturated rings. The van der Waals surface area contributed by atoms with Crippen molar-refractivity contribution in [1.82, 2.24) is 0 Å². The van der Waals surface area contributed by atoms with Gasteiger partial charge in [0.25, 0.3) is 0 Å². The Labute approximate surface area is 191 Å². The molecular weight excluding hydrogens is 552 g/mol. The van der Waals surface area contributed by atoms with Gasteiger partial charge in [-0.15, -0.1) is 0 Å². The molecule has 0 aromatic heterocycles. The molecule has 214 valence electrons. The molecule has 0 aliphatic rings. The number of alkyl halides is 14. The van der Waals surface area contributed by atoms with E-state index in [9.17, 15) is 74.4 Å². The maximum Gasteiger partial charge on any atom is 0.402 e. The minimum absolute atomic E-state index is 1.22. The smallest absolute Gasteiger partial charge is 0.402 e. The van der Waals surface area contributed by atoms with E-state index in [0.717, 1.165) is 0 Å². The summed E-state index contributed by atoms with van der Waals surface area (Å²) in [5.74, 6) is -46.9. The van der Waals surface area contributed by atoms with Gasteiger partial charge in [0.05, 0.1) is 26.2 Å². The van der Waals surface area contributed by atoms with Crippen molar-refractivity contribution in [2.75, 3.05) is 26.2 Å². The van der Waals surface area contributed by atoms with Crippen molar-refractivity contribution < 1.29 is 78.9 Å². The molecule has 0 heterocycles. The van der Waals surface area contributed by atoms with Gasteiger partial charge in [-0.05, 0) is 27.7 Å². The Bertz CT molecular complexity index is 787. The summed E-state index contributed by atoms with van der Waals surface area (Å²) in [5.41, 5.74) is 0. The third-order valence-corrected chi connectivity index (χ3v) is 6.38. The second kappa shape index (κ2) is 10.3. The highest BCUT2D eigenvalue weighted by atomic mass is 32.2. The van der Waals surface area contributed by atoms with Crippen LogP contribution in [0.4, 0.5) is 61.5 Å². The summed E-state index contributed by atoms with van der Waals surface area (Å²) in [7, 11) is -7.94. The first-order chi connectivity index (χ1) is 15.0. The second-order valence-corrected chi connectivity index (χ2v) is 8.76. The predicted molar refractivity (Wildman–Crippen MR) is 92.4 cm³/mol. The summed E-state index contributed by atoms with van der Waals surface area (Å²) in [5, 5.41) is -7.72. The Hall–Kier alpha value is -1.11. The van der Waals surface area contributed by atoms with Crippen molar-refractivity contribution in [1.29, 1.82) is 0 Å². The zero-order valence-electron chi connectivity index (χ0n) is 18.7. The van der Waals surface area contributed by atoms with Crippen molar-refractivity contribution in [2.45, 2.75) is 75.4 Å². The van der Waals surface area contributed by atoms with Crippen LogP contribution in [0.3, 0.4) is 0 Å². The molecule has 0 radical (unpaired) electrons. The minimum atomic E-state index is -8.42. The molecule has 0 aliphatic carbocycles. The molecular formula is C16H23F14NO3S. The fourth-order valence-corrected chi connectivity index (χ4v) is 2.99. The molecule has 0 N–H and O–H groups in total. The van der Waals surface area contributed by atoms with E-state index in [1.807, 2.05) is 0 Å². The molecule has 0 unspecified atom stereocenters. The lowest BCUT2D eigenvalue weighted by Gasteiger charge is -2.42. The lowest BCUT2D eigenvalue weighted by molar-refractivity contribution is -0.921. The highest BCUT2D eigenvalue weighted by Gasteiger charge is 2.93. The molecule has 0 saturated heterocycles. The van der Waals surface area contributed by atoms with Crippen molar-refractivity contribution >= 4 is 10.1 Å². The predicted octanol–water partition coefficient (Wildman–Crippen LogP) is 5.84. The quantitative estimate of drug-likeness (QED) is 0.177. The third-order valence-electron chi connectivity index (χ3n) is 5.49. The highest BCUT2D eigenvalue weighted by Crippen LogP contribution is 2.62. The van der Waals surface area contributed by atoms with Gasteiger partial charge in [-0.3, -0.25) is 0 Å². The van der Waals surface area contributed by atoms with Crippen LogP contribution in [-0.4, -0.2) is 84.4 Å². The van der Waals surface area contributed by atoms with Gasteiger partial charge in [0.2, 0.25) is 0 Å². The van der Waals surface area contributed by atoms with E-state index in [1.54, 1.807) is 0 Å². The first-order valence-electron chi connectivity index (χ1n) is 9.44. The van der Waals surface area contributed by atoms with Gasteiger partial charge in [0, 0.05) is 6.92 Å². The molecule has 4 nitrogen and oxygen atoms in total. The van der Waals surface area contributed by atoms with Crippen molar-refractivity contribution in [2.24, 2.45) is 0 Å². The van der Waals surface area contributed by atoms with Gasteiger partial charge in [-0.2, -0.15) is 61.5 Å². The lowest BCUT2D eigenvalue weighted by atomic mass is 9.92. The number of rotatable bonds is 11. The van der Waals surface area contributed by atoms with Gasteiger partial charge in [0.1, 0.15) is 0 Å². The number of halogens is 14. The molecule has 0 aromatic rings. The third kappa shape index (κ3) is 5.75. The van der Waals surface area contributed by atoms with Crippen molar-refractivity contribution in [3.63, 3.8) is 0 Å². The van der Waals surface area contributed by atoms with Crippen molar-refractivity contribution in [3.05, 3.63) is 0 Å². The summed E-state index contributed by atoms with van der Waals surface area (Å²) >= 11 is 0. The minimum Gasteiger partial charge on any atom is -0.743 e. The van der Waals surface area contributed by atoms with Crippen LogP contribution in [0.25, 0.3) is 0 Å². The zero-order valence-corrected chi connectivity index (χ0v) is 19.5. The number of hydrogen-bond acceptors (Lipinski definition) is 3. The number of nitrogens with zero attached hydrogens (tertiary/aromatic N) is 1. The van der Waals surface area contributed by atoms with Crippen LogP contribution in [0.2, 0.25) is 0 Å². The fraction of sp³-hybridized carbons (Fsp3) is 1.00. The Balaban J connectivity index is 0. The van der Waals surface area contributed by atoms with E-state index in [1.165, 1.54) is 30.7 Å². The topological polar surface area (TPSA) is 57.2 Å². The second-order valence-electron chi connectivity index (χ2n) is 7.34. The van der Waals surface area contributed by atoms with E-state index in [0.29, 0.717) is 0 Å². The first kappa shape index (κ1) is 36.0. The molecule has 19 heteroatoms. The summed E-state index contributed by atoms with van der Waals surface area (Å²) in [4.78, 5) is 0. The standard InChI is InChI=1S/C8H4F14O3S.C8H20N/c1-2(9,10)3(11,12)4(13,14)5(15,16)6(17,18)7(19,20)8(21,22)26(23,24)25;1-5-9(6-2,7-3)8-4/h1H3,(H,23,24,25);5-8H2,1-4H3/q;+1/p-1. The Morgan fingerprint density at radius 3 is 0.943 bits per heavy atom. The fourth-order valence-electron chi connectivity index (χ4n) is 2.55. The average Bonchev–Trinajstić information content (AvgIpc) is 2.68. The van der Waals surface area contributed by atoms with E-state index >= 15 is 0 Å². The SMILES string of the molecule is CC(F)(F)C(F)(F)C(F)(F)C(F)(F)C(F)(F)C(F)(F)C(F)(F)S(=O)(=O)[O-].CC[N+](CC)(CC)CC. The van der Waals surface area contributed by atoms with E-state index in [2.05, 4.69) is 27.7 Å². The highest BCUT2D eigenvalue weighted by molar-refractivity contribution is 7.86. The Kier molecular flexibility index (Phi) is 10.6. The van der Waals surface area contributed by atoms with E-state index < -0.39 is 57.8 Å². The Morgan fingerprint density at radius 2 is 0.771 bits per heavy atom. The maximum atomic E-state index is 13.0. The monoisotopic (exact) mass is 575 g/mol. The molecule has 0 rings (SSSR count). The molecule has 0 aliphatic heterocycles. The largest absolute Gasteiger partial charge is 0.743 e. The molecule has 0 amide bonds. The molecule has 0 saturated carbocycles. The molecule has 0 atom stereocenters. The molecule has 0 bridgehead atoms. The van der Waals surface area contributed by atoms with Gasteiger partial charge < -0.3 is 9.04 Å². The summed E-state index contributed by atoms with van der Waals surface area (Å²) in [6, 6.07) is 0. The number of quaternary nitrogens is 1. The molecule has 0 spiro atoms. The summed E-state index contributed by atoms with van der Waals surface area (Å²) < 4.78 is 210. The van der Waals surface area contributed by atoms with Crippen LogP contribution in [0.15, 0.2) is 0 Å². The molecule has 35 heavy (non-hydrogen) atoms. The maximum absolute atomic E-state index is 13.0.